The van der Waals surface area contributed by atoms with Gasteiger partial charge in [0.05, 0.1) is 31.5 Å². The molecule has 0 aromatic rings. The molecule has 0 spiro atoms. The van der Waals surface area contributed by atoms with Crippen molar-refractivity contribution in [3.8, 4) is 0 Å². The van der Waals surface area contributed by atoms with E-state index in [-0.39, 0.29) is 36.9 Å². The third kappa shape index (κ3) is 6.18. The van der Waals surface area contributed by atoms with Gasteiger partial charge in [-0.1, -0.05) is 0 Å². The molecule has 1 rings (SSSR count). The Morgan fingerprint density at radius 2 is 1.86 bits per heavy atom. The average molecular weight is 297 g/mol. The third-order valence-electron chi connectivity index (χ3n) is 3.00. The van der Waals surface area contributed by atoms with Gasteiger partial charge in [-0.25, -0.2) is 0 Å². The van der Waals surface area contributed by atoms with Gasteiger partial charge in [-0.3, -0.25) is 19.3 Å². The predicted octanol–water partition coefficient (Wildman–Crippen LogP) is 1.09. The van der Waals surface area contributed by atoms with Crippen LogP contribution in [-0.2, 0) is 23.9 Å². The van der Waals surface area contributed by atoms with Gasteiger partial charge in [-0.15, -0.1) is 0 Å². The van der Waals surface area contributed by atoms with Gasteiger partial charge in [0.1, 0.15) is 5.78 Å². The highest BCUT2D eigenvalue weighted by atomic mass is 16.5. The lowest BCUT2D eigenvalue weighted by Gasteiger charge is -2.27. The van der Waals surface area contributed by atoms with E-state index < -0.39 is 5.60 Å². The quantitative estimate of drug-likeness (QED) is 0.596. The Hall–Kier alpha value is -1.53. The van der Waals surface area contributed by atoms with Crippen molar-refractivity contribution in [1.29, 1.82) is 0 Å². The molecule has 6 nitrogen and oxygen atoms in total. The molecule has 0 saturated heterocycles. The number of nitrogens with zero attached hydrogens (tertiary/aromatic N) is 1. The summed E-state index contributed by atoms with van der Waals surface area (Å²) in [5.74, 6) is -0.541. The molecule has 0 aliphatic carbocycles. The van der Waals surface area contributed by atoms with Crippen LogP contribution in [0.15, 0.2) is 12.2 Å². The molecule has 0 radical (unpaired) electrons. The lowest BCUT2D eigenvalue weighted by Crippen LogP contribution is -2.38. The number of ether oxygens (including phenoxy) is 2. The zero-order chi connectivity index (χ0) is 16.0. The van der Waals surface area contributed by atoms with Gasteiger partial charge in [0, 0.05) is 18.6 Å². The molecular weight excluding hydrogens is 274 g/mol. The van der Waals surface area contributed by atoms with E-state index in [4.69, 9.17) is 9.47 Å². The van der Waals surface area contributed by atoms with E-state index in [0.717, 1.165) is 4.90 Å². The lowest BCUT2D eigenvalue weighted by molar-refractivity contribution is -0.140. The van der Waals surface area contributed by atoms with E-state index in [2.05, 4.69) is 0 Å². The Kier molecular flexibility index (Phi) is 6.23. The second-order valence-electron chi connectivity index (χ2n) is 5.80. The van der Waals surface area contributed by atoms with Crippen molar-refractivity contribution < 1.29 is 23.9 Å². The van der Waals surface area contributed by atoms with Gasteiger partial charge >= 0.3 is 0 Å². The van der Waals surface area contributed by atoms with E-state index in [1.165, 1.54) is 19.1 Å². The number of amides is 2. The monoisotopic (exact) mass is 297 g/mol. The number of Topliss-reactive ketones (excluding diaryl/α,β-unsaturated/α-hetero) is 1. The summed E-state index contributed by atoms with van der Waals surface area (Å²) in [6, 6.07) is 0. The standard InChI is InChI=1S/C15H23NO5/c1-11(17)9-12(2)20-10-15(3,4)21-8-7-16-13(18)5-6-14(16)19/h5-6,12H,7-10H2,1-4H3. The molecule has 2 amide bonds. The molecule has 118 valence electrons. The maximum atomic E-state index is 11.4. The summed E-state index contributed by atoms with van der Waals surface area (Å²) >= 11 is 0. The average Bonchev–Trinajstić information content (AvgIpc) is 2.67. The minimum absolute atomic E-state index is 0.0831. The Bertz CT molecular complexity index is 423. The van der Waals surface area contributed by atoms with Crippen molar-refractivity contribution in [3.05, 3.63) is 12.2 Å². The summed E-state index contributed by atoms with van der Waals surface area (Å²) in [5.41, 5.74) is -0.551. The van der Waals surface area contributed by atoms with Gasteiger partial charge in [0.25, 0.3) is 11.8 Å². The van der Waals surface area contributed by atoms with Crippen LogP contribution in [0.2, 0.25) is 0 Å². The summed E-state index contributed by atoms with van der Waals surface area (Å²) in [7, 11) is 0. The van der Waals surface area contributed by atoms with Gasteiger partial charge in [0.2, 0.25) is 0 Å². The van der Waals surface area contributed by atoms with Crippen molar-refractivity contribution in [2.45, 2.75) is 45.8 Å². The number of rotatable bonds is 9. The molecule has 1 atom stereocenters. The number of imide groups is 1. The third-order valence-corrected chi connectivity index (χ3v) is 3.00. The SMILES string of the molecule is CC(=O)CC(C)OCC(C)(C)OCCN1C(=O)C=CC1=O. The highest BCUT2D eigenvalue weighted by Gasteiger charge is 2.25. The second-order valence-corrected chi connectivity index (χ2v) is 5.80. The summed E-state index contributed by atoms with van der Waals surface area (Å²) in [5, 5.41) is 0. The molecule has 6 heteroatoms. The van der Waals surface area contributed by atoms with Crippen LogP contribution in [0.3, 0.4) is 0 Å². The van der Waals surface area contributed by atoms with Crippen LogP contribution < -0.4 is 0 Å². The lowest BCUT2D eigenvalue weighted by atomic mass is 10.1. The van der Waals surface area contributed by atoms with E-state index in [1.54, 1.807) is 0 Å². The summed E-state index contributed by atoms with van der Waals surface area (Å²) in [6.45, 7) is 7.89. The number of carbonyl (C=O) groups excluding carboxylic acids is 3. The first-order valence-corrected chi connectivity index (χ1v) is 7.00. The molecule has 0 aromatic heterocycles. The van der Waals surface area contributed by atoms with Crippen molar-refractivity contribution in [2.75, 3.05) is 19.8 Å². The fraction of sp³-hybridized carbons (Fsp3) is 0.667. The fourth-order valence-corrected chi connectivity index (χ4v) is 1.91. The smallest absolute Gasteiger partial charge is 0.253 e. The van der Waals surface area contributed by atoms with Crippen molar-refractivity contribution in [2.24, 2.45) is 0 Å². The molecular formula is C15H23NO5. The maximum absolute atomic E-state index is 11.4. The number of hydrogen-bond acceptors (Lipinski definition) is 5. The largest absolute Gasteiger partial charge is 0.375 e. The molecule has 1 unspecified atom stereocenters. The zero-order valence-corrected chi connectivity index (χ0v) is 13.0. The molecule has 0 bridgehead atoms. The van der Waals surface area contributed by atoms with Crippen LogP contribution in [0.5, 0.6) is 0 Å². The van der Waals surface area contributed by atoms with Gasteiger partial charge in [0.15, 0.2) is 0 Å². The first-order chi connectivity index (χ1) is 9.71. The zero-order valence-electron chi connectivity index (χ0n) is 13.0. The van der Waals surface area contributed by atoms with Gasteiger partial charge in [-0.2, -0.15) is 0 Å². The van der Waals surface area contributed by atoms with E-state index in [1.807, 2.05) is 20.8 Å². The first kappa shape index (κ1) is 17.5. The Morgan fingerprint density at radius 3 is 2.38 bits per heavy atom. The summed E-state index contributed by atoms with van der Waals surface area (Å²) in [4.78, 5) is 34.8. The molecule has 1 aliphatic heterocycles. The minimum atomic E-state index is -0.551. The Balaban J connectivity index is 2.28. The number of ketones is 1. The maximum Gasteiger partial charge on any atom is 0.253 e. The highest BCUT2D eigenvalue weighted by Crippen LogP contribution is 2.13. The van der Waals surface area contributed by atoms with Crippen molar-refractivity contribution >= 4 is 17.6 Å². The van der Waals surface area contributed by atoms with E-state index in [9.17, 15) is 14.4 Å². The van der Waals surface area contributed by atoms with Crippen LogP contribution in [-0.4, -0.2) is 54.0 Å². The predicted molar refractivity (Wildman–Crippen MR) is 76.6 cm³/mol. The molecule has 1 aliphatic rings. The number of carbonyl (C=O) groups is 3. The summed E-state index contributed by atoms with van der Waals surface area (Å²) in [6.07, 6.45) is 2.72. The molecule has 0 N–H and O–H groups in total. The number of hydrogen-bond donors (Lipinski definition) is 0. The van der Waals surface area contributed by atoms with Crippen LogP contribution in [0.1, 0.15) is 34.1 Å². The van der Waals surface area contributed by atoms with Crippen molar-refractivity contribution in [3.63, 3.8) is 0 Å². The van der Waals surface area contributed by atoms with E-state index >= 15 is 0 Å². The molecule has 1 heterocycles. The molecule has 21 heavy (non-hydrogen) atoms. The Labute approximate surface area is 125 Å². The fourth-order valence-electron chi connectivity index (χ4n) is 1.91. The van der Waals surface area contributed by atoms with Crippen LogP contribution in [0, 0.1) is 0 Å². The molecule has 0 fully saturated rings. The van der Waals surface area contributed by atoms with Gasteiger partial charge in [-0.05, 0) is 27.7 Å². The van der Waals surface area contributed by atoms with Crippen LogP contribution in [0.25, 0.3) is 0 Å². The Morgan fingerprint density at radius 1 is 1.29 bits per heavy atom. The first-order valence-electron chi connectivity index (χ1n) is 7.00. The van der Waals surface area contributed by atoms with E-state index in [0.29, 0.717) is 13.0 Å². The topological polar surface area (TPSA) is 72.9 Å². The highest BCUT2D eigenvalue weighted by molar-refractivity contribution is 6.12. The molecule has 0 saturated carbocycles. The second kappa shape index (κ2) is 7.47. The van der Waals surface area contributed by atoms with Crippen LogP contribution >= 0.6 is 0 Å². The minimum Gasteiger partial charge on any atom is -0.375 e. The molecule has 0 aromatic carbocycles. The van der Waals surface area contributed by atoms with Crippen LogP contribution in [0.4, 0.5) is 0 Å². The van der Waals surface area contributed by atoms with Gasteiger partial charge < -0.3 is 9.47 Å². The summed E-state index contributed by atoms with van der Waals surface area (Å²) < 4.78 is 11.2. The normalized spacial score (nSPS) is 16.7. The van der Waals surface area contributed by atoms with Crippen molar-refractivity contribution in [1.82, 2.24) is 4.90 Å².